The lowest BCUT2D eigenvalue weighted by Crippen LogP contribution is -2.65. The lowest BCUT2D eigenvalue weighted by molar-refractivity contribution is -0.143. The zero-order valence-corrected chi connectivity index (χ0v) is 21.1. The van der Waals surface area contributed by atoms with E-state index in [9.17, 15) is 9.59 Å². The standard InChI is InChI=1S/C27H39N5O3/c1-27(22-8-17-35-18-9-22,29-25(33)21-4-3-20-5-10-28-24(20)19-21)26(34)32-15-13-31(14-16-32)23-6-11-30(2)12-7-23/h3-5,10,19,22-23,28H,6-9,11-18H2,1-2H3,(H,29,33)/t27-/m1/s1. The van der Waals surface area contributed by atoms with E-state index in [-0.39, 0.29) is 17.7 Å². The predicted octanol–water partition coefficient (Wildman–Crippen LogP) is 2.32. The number of aromatic nitrogens is 1. The summed E-state index contributed by atoms with van der Waals surface area (Å²) in [7, 11) is 2.19. The average Bonchev–Trinajstić information content (AvgIpc) is 3.37. The lowest BCUT2D eigenvalue weighted by Gasteiger charge is -2.46. The van der Waals surface area contributed by atoms with E-state index in [1.165, 1.54) is 12.8 Å². The van der Waals surface area contributed by atoms with Crippen molar-refractivity contribution < 1.29 is 14.3 Å². The van der Waals surface area contributed by atoms with Crippen molar-refractivity contribution in [3.05, 3.63) is 36.0 Å². The number of aromatic amines is 1. The molecule has 0 radical (unpaired) electrons. The second kappa shape index (κ2) is 10.3. The number of carbonyl (C=O) groups excluding carboxylic acids is 2. The third kappa shape index (κ3) is 5.10. The molecule has 1 atom stereocenters. The maximum absolute atomic E-state index is 14.0. The Morgan fingerprint density at radius 1 is 1.00 bits per heavy atom. The van der Waals surface area contributed by atoms with Crippen LogP contribution in [0.4, 0.5) is 0 Å². The molecule has 3 aliphatic rings. The van der Waals surface area contributed by atoms with Crippen molar-refractivity contribution in [3.8, 4) is 0 Å². The molecule has 0 saturated carbocycles. The number of piperazine rings is 1. The van der Waals surface area contributed by atoms with Crippen molar-refractivity contribution in [3.63, 3.8) is 0 Å². The quantitative estimate of drug-likeness (QED) is 0.685. The van der Waals surface area contributed by atoms with Crippen LogP contribution in [0.1, 0.15) is 43.0 Å². The van der Waals surface area contributed by atoms with Crippen molar-refractivity contribution in [2.45, 2.75) is 44.2 Å². The van der Waals surface area contributed by atoms with E-state index in [0.717, 1.165) is 49.9 Å². The number of likely N-dealkylation sites (tertiary alicyclic amines) is 1. The summed E-state index contributed by atoms with van der Waals surface area (Å²) in [4.78, 5) is 37.5. The van der Waals surface area contributed by atoms with Gasteiger partial charge in [-0.1, -0.05) is 6.07 Å². The maximum Gasteiger partial charge on any atom is 0.252 e. The van der Waals surface area contributed by atoms with Gasteiger partial charge in [0.05, 0.1) is 0 Å². The van der Waals surface area contributed by atoms with Gasteiger partial charge in [-0.25, -0.2) is 0 Å². The molecule has 35 heavy (non-hydrogen) atoms. The second-order valence-corrected chi connectivity index (χ2v) is 10.7. The van der Waals surface area contributed by atoms with Crippen LogP contribution in [0, 0.1) is 5.92 Å². The summed E-state index contributed by atoms with van der Waals surface area (Å²) in [6, 6.07) is 8.24. The fourth-order valence-electron chi connectivity index (χ4n) is 6.08. The van der Waals surface area contributed by atoms with Gasteiger partial charge in [-0.15, -0.1) is 0 Å². The maximum atomic E-state index is 14.0. The largest absolute Gasteiger partial charge is 0.381 e. The minimum atomic E-state index is -0.957. The first-order valence-corrected chi connectivity index (χ1v) is 13.1. The lowest BCUT2D eigenvalue weighted by atomic mass is 9.78. The van der Waals surface area contributed by atoms with Gasteiger partial charge in [-0.3, -0.25) is 14.5 Å². The first-order chi connectivity index (χ1) is 16.9. The average molecular weight is 482 g/mol. The van der Waals surface area contributed by atoms with E-state index in [1.807, 2.05) is 42.3 Å². The summed E-state index contributed by atoms with van der Waals surface area (Å²) < 4.78 is 5.59. The molecule has 3 saturated heterocycles. The minimum absolute atomic E-state index is 0.0433. The van der Waals surface area contributed by atoms with E-state index in [4.69, 9.17) is 4.74 Å². The van der Waals surface area contributed by atoms with Gasteiger partial charge in [0.1, 0.15) is 5.54 Å². The van der Waals surface area contributed by atoms with Crippen LogP contribution in [0.25, 0.3) is 10.9 Å². The van der Waals surface area contributed by atoms with Crippen molar-refractivity contribution >= 4 is 22.7 Å². The number of hydrogen-bond donors (Lipinski definition) is 2. The number of carbonyl (C=O) groups is 2. The van der Waals surface area contributed by atoms with Crippen LogP contribution >= 0.6 is 0 Å². The normalized spacial score (nSPS) is 23.3. The van der Waals surface area contributed by atoms with E-state index in [2.05, 4.69) is 27.1 Å². The topological polar surface area (TPSA) is 80.9 Å². The highest BCUT2D eigenvalue weighted by Crippen LogP contribution is 2.31. The highest BCUT2D eigenvalue weighted by molar-refractivity contribution is 6.01. The van der Waals surface area contributed by atoms with Crippen LogP contribution in [0.3, 0.4) is 0 Å². The zero-order chi connectivity index (χ0) is 24.4. The van der Waals surface area contributed by atoms with Crippen LogP contribution in [0.2, 0.25) is 0 Å². The second-order valence-electron chi connectivity index (χ2n) is 10.7. The monoisotopic (exact) mass is 481 g/mol. The molecule has 2 aromatic rings. The molecule has 5 rings (SSSR count). The van der Waals surface area contributed by atoms with E-state index >= 15 is 0 Å². The Kier molecular flexibility index (Phi) is 7.14. The Morgan fingerprint density at radius 3 is 2.43 bits per heavy atom. The SMILES string of the molecule is CN1CCC(N2CCN(C(=O)[C@](C)(NC(=O)c3ccc4cc[nH]c4c3)C3CCOCC3)CC2)CC1. The number of nitrogens with zero attached hydrogens (tertiary/aromatic N) is 3. The molecule has 2 N–H and O–H groups in total. The van der Waals surface area contributed by atoms with Crippen molar-refractivity contribution in [1.29, 1.82) is 0 Å². The molecular weight excluding hydrogens is 442 g/mol. The highest BCUT2D eigenvalue weighted by Gasteiger charge is 2.46. The van der Waals surface area contributed by atoms with Gasteiger partial charge in [-0.05, 0) is 82.2 Å². The number of rotatable bonds is 5. The van der Waals surface area contributed by atoms with E-state index in [1.54, 1.807) is 0 Å². The van der Waals surface area contributed by atoms with Gasteiger partial charge in [-0.2, -0.15) is 0 Å². The Balaban J connectivity index is 1.29. The predicted molar refractivity (Wildman–Crippen MR) is 136 cm³/mol. The van der Waals surface area contributed by atoms with Gasteiger partial charge < -0.3 is 24.8 Å². The third-order valence-corrected chi connectivity index (χ3v) is 8.48. The van der Waals surface area contributed by atoms with Crippen LogP contribution in [0.15, 0.2) is 30.5 Å². The van der Waals surface area contributed by atoms with Crippen LogP contribution < -0.4 is 5.32 Å². The number of benzene rings is 1. The molecule has 0 aliphatic carbocycles. The smallest absolute Gasteiger partial charge is 0.252 e. The summed E-state index contributed by atoms with van der Waals surface area (Å²) in [5.41, 5.74) is 0.529. The Labute approximate surface area is 208 Å². The number of nitrogens with one attached hydrogen (secondary N) is 2. The number of ether oxygens (including phenoxy) is 1. The number of fused-ring (bicyclic) bond motifs is 1. The van der Waals surface area contributed by atoms with Gasteiger partial charge in [0.25, 0.3) is 5.91 Å². The summed E-state index contributed by atoms with van der Waals surface area (Å²) >= 11 is 0. The van der Waals surface area contributed by atoms with Crippen molar-refractivity contribution in [1.82, 2.24) is 25.0 Å². The zero-order valence-electron chi connectivity index (χ0n) is 21.1. The molecule has 2 amide bonds. The van der Waals surface area contributed by atoms with Gasteiger partial charge in [0.2, 0.25) is 5.91 Å². The molecule has 8 nitrogen and oxygen atoms in total. The molecule has 1 aromatic heterocycles. The van der Waals surface area contributed by atoms with Crippen LogP contribution in [-0.4, -0.2) is 103 Å². The molecule has 3 aliphatic heterocycles. The van der Waals surface area contributed by atoms with Gasteiger partial charge >= 0.3 is 0 Å². The first-order valence-electron chi connectivity index (χ1n) is 13.1. The number of hydrogen-bond acceptors (Lipinski definition) is 5. The molecule has 3 fully saturated rings. The molecule has 0 bridgehead atoms. The molecule has 190 valence electrons. The molecular formula is C27H39N5O3. The summed E-state index contributed by atoms with van der Waals surface area (Å²) in [6.07, 6.45) is 5.81. The van der Waals surface area contributed by atoms with E-state index < -0.39 is 5.54 Å². The van der Waals surface area contributed by atoms with Crippen molar-refractivity contribution in [2.75, 3.05) is 59.5 Å². The highest BCUT2D eigenvalue weighted by atomic mass is 16.5. The number of piperidine rings is 1. The molecule has 0 spiro atoms. The Morgan fingerprint density at radius 2 is 1.71 bits per heavy atom. The Hall–Kier alpha value is -2.42. The molecule has 0 unspecified atom stereocenters. The summed E-state index contributed by atoms with van der Waals surface area (Å²) in [5, 5.41) is 4.26. The first kappa shape index (κ1) is 24.3. The number of H-pyrrole nitrogens is 1. The fourth-order valence-corrected chi connectivity index (χ4v) is 6.08. The molecule has 1 aromatic carbocycles. The number of amides is 2. The van der Waals surface area contributed by atoms with E-state index in [0.29, 0.717) is 37.9 Å². The summed E-state index contributed by atoms with van der Waals surface area (Å²) in [6.45, 7) is 8.71. The van der Waals surface area contributed by atoms with Crippen molar-refractivity contribution in [2.24, 2.45) is 5.92 Å². The third-order valence-electron chi connectivity index (χ3n) is 8.48. The fraction of sp³-hybridized carbons (Fsp3) is 0.630. The van der Waals surface area contributed by atoms with Crippen LogP contribution in [-0.2, 0) is 9.53 Å². The minimum Gasteiger partial charge on any atom is -0.381 e. The van der Waals surface area contributed by atoms with Gasteiger partial charge in [0.15, 0.2) is 0 Å². The Bertz CT molecular complexity index is 1030. The van der Waals surface area contributed by atoms with Gasteiger partial charge in [0, 0.05) is 62.7 Å². The molecule has 4 heterocycles. The molecule has 8 heteroatoms. The van der Waals surface area contributed by atoms with Crippen LogP contribution in [0.5, 0.6) is 0 Å². The summed E-state index contributed by atoms with van der Waals surface area (Å²) in [5.74, 6) is -0.107.